The average Bonchev–Trinajstić information content (AvgIpc) is 2.16. The summed E-state index contributed by atoms with van der Waals surface area (Å²) in [6.07, 6.45) is 0.604. The van der Waals surface area contributed by atoms with E-state index in [4.69, 9.17) is 17.7 Å². The highest BCUT2D eigenvalue weighted by Crippen LogP contribution is 2.08. The molecular weight excluding hydrogens is 246 g/mol. The summed E-state index contributed by atoms with van der Waals surface area (Å²) >= 11 is 0. The van der Waals surface area contributed by atoms with Crippen molar-refractivity contribution in [1.29, 1.82) is 0 Å². The highest BCUT2D eigenvalue weighted by molar-refractivity contribution is 7.84. The van der Waals surface area contributed by atoms with Crippen LogP contribution in [-0.2, 0) is 14.9 Å². The Morgan fingerprint density at radius 2 is 1.76 bits per heavy atom. The molecule has 1 aromatic rings. The Morgan fingerprint density at radius 3 is 2.12 bits per heavy atom. The van der Waals surface area contributed by atoms with Gasteiger partial charge in [-0.3, -0.25) is 0 Å². The molecule has 0 aliphatic rings. The van der Waals surface area contributed by atoms with Crippen molar-refractivity contribution >= 4 is 16.1 Å². The van der Waals surface area contributed by atoms with Crippen molar-refractivity contribution < 1.29 is 28.2 Å². The first-order valence-corrected chi connectivity index (χ1v) is 6.52. The fourth-order valence-electron chi connectivity index (χ4n) is 0.705. The van der Waals surface area contributed by atoms with Crippen LogP contribution in [0.5, 0.6) is 5.75 Å². The van der Waals surface area contributed by atoms with Crippen molar-refractivity contribution in [2.24, 2.45) is 0 Å². The molecule has 6 nitrogen and oxygen atoms in total. The van der Waals surface area contributed by atoms with Crippen LogP contribution >= 0.6 is 0 Å². The summed E-state index contributed by atoms with van der Waals surface area (Å²) in [4.78, 5) is 11.0. The van der Waals surface area contributed by atoms with Gasteiger partial charge in [0.2, 0.25) is 0 Å². The van der Waals surface area contributed by atoms with E-state index in [0.29, 0.717) is 12.0 Å². The summed E-state index contributed by atoms with van der Waals surface area (Å²) in [5.74, 6) is 0.263. The van der Waals surface area contributed by atoms with E-state index in [1.54, 1.807) is 19.1 Å². The molecule has 0 saturated carbocycles. The molecule has 1 rings (SSSR count). The summed E-state index contributed by atoms with van der Waals surface area (Å²) in [5.41, 5.74) is 3.56. The van der Waals surface area contributed by atoms with Gasteiger partial charge in [-0.05, 0) is 19.1 Å². The van der Waals surface area contributed by atoms with Crippen molar-refractivity contribution in [2.45, 2.75) is 13.0 Å². The molecule has 0 bridgehead atoms. The molecular formula is C10H15NO5S. The lowest BCUT2D eigenvalue weighted by atomic mass is 10.3. The minimum Gasteiger partial charge on any atom is -0.748 e. The molecule has 1 atom stereocenters. The molecule has 0 heterocycles. The number of quaternary nitrogens is 1. The first-order valence-electron chi connectivity index (χ1n) is 4.71. The first kappa shape index (κ1) is 15.6. The van der Waals surface area contributed by atoms with Crippen LogP contribution in [0.2, 0.25) is 0 Å². The number of hydrogen-bond acceptors (Lipinski definition) is 5. The number of rotatable bonds is 2. The van der Waals surface area contributed by atoms with Crippen molar-refractivity contribution in [2.75, 3.05) is 6.26 Å². The minimum absolute atomic E-state index is 0.304. The van der Waals surface area contributed by atoms with Gasteiger partial charge in [0.15, 0.2) is 6.04 Å². The van der Waals surface area contributed by atoms with Crippen LogP contribution in [0.15, 0.2) is 30.3 Å². The van der Waals surface area contributed by atoms with Gasteiger partial charge in [-0.1, -0.05) is 18.2 Å². The van der Waals surface area contributed by atoms with E-state index in [-0.39, 0.29) is 12.0 Å². The van der Waals surface area contributed by atoms with E-state index in [1.807, 2.05) is 18.2 Å². The van der Waals surface area contributed by atoms with E-state index in [2.05, 4.69) is 5.73 Å². The van der Waals surface area contributed by atoms with Gasteiger partial charge >= 0.3 is 5.97 Å². The van der Waals surface area contributed by atoms with Gasteiger partial charge in [0.25, 0.3) is 0 Å². The zero-order valence-electron chi connectivity index (χ0n) is 9.62. The minimum atomic E-state index is -3.92. The fourth-order valence-corrected chi connectivity index (χ4v) is 0.705. The number of esters is 1. The summed E-state index contributed by atoms with van der Waals surface area (Å²) in [7, 11) is -3.92. The first-order chi connectivity index (χ1) is 7.70. The van der Waals surface area contributed by atoms with E-state index in [0.717, 1.165) is 0 Å². The average molecular weight is 261 g/mol. The Kier molecular flexibility index (Phi) is 6.40. The fraction of sp³-hybridized carbons (Fsp3) is 0.300. The summed E-state index contributed by atoms with van der Waals surface area (Å²) < 4.78 is 32.2. The van der Waals surface area contributed by atoms with Crippen LogP contribution in [0.4, 0.5) is 0 Å². The van der Waals surface area contributed by atoms with Gasteiger partial charge in [-0.15, -0.1) is 0 Å². The third kappa shape index (κ3) is 10.8. The second-order valence-electron chi connectivity index (χ2n) is 3.34. The third-order valence-electron chi connectivity index (χ3n) is 1.36. The van der Waals surface area contributed by atoms with Crippen molar-refractivity contribution in [3.63, 3.8) is 0 Å². The molecule has 17 heavy (non-hydrogen) atoms. The lowest BCUT2D eigenvalue weighted by molar-refractivity contribution is -0.401. The van der Waals surface area contributed by atoms with Gasteiger partial charge in [0, 0.05) is 6.26 Å². The molecule has 3 N–H and O–H groups in total. The monoisotopic (exact) mass is 261 g/mol. The molecule has 0 spiro atoms. The lowest BCUT2D eigenvalue weighted by Gasteiger charge is -2.03. The Balaban J connectivity index is 0.000000437. The molecule has 0 radical (unpaired) electrons. The standard InChI is InChI=1S/C9H11NO2.CH4O3S/c1-7(10)9(11)12-8-5-3-2-4-6-8;1-5(2,3)4/h2-7H,10H2,1H3;1H3,(H,2,3,4). The summed E-state index contributed by atoms with van der Waals surface area (Å²) in [6.45, 7) is 1.70. The molecule has 1 unspecified atom stereocenters. The lowest BCUT2D eigenvalue weighted by Crippen LogP contribution is -2.64. The van der Waals surface area contributed by atoms with Crippen molar-refractivity contribution in [1.82, 2.24) is 0 Å². The van der Waals surface area contributed by atoms with Crippen LogP contribution in [-0.4, -0.2) is 31.2 Å². The van der Waals surface area contributed by atoms with Crippen LogP contribution in [0.1, 0.15) is 6.92 Å². The predicted molar refractivity (Wildman–Crippen MR) is 60.0 cm³/mol. The van der Waals surface area contributed by atoms with E-state index >= 15 is 0 Å². The molecule has 1 aromatic carbocycles. The molecule has 0 amide bonds. The van der Waals surface area contributed by atoms with Crippen molar-refractivity contribution in [3.8, 4) is 5.75 Å². The number of benzene rings is 1. The highest BCUT2D eigenvalue weighted by atomic mass is 32.2. The molecule has 0 aliphatic heterocycles. The molecule has 0 aromatic heterocycles. The van der Waals surface area contributed by atoms with Gasteiger partial charge < -0.3 is 15.0 Å². The number of carbonyl (C=O) groups is 1. The second-order valence-corrected chi connectivity index (χ2v) is 4.75. The van der Waals surface area contributed by atoms with E-state index in [1.165, 1.54) is 0 Å². The van der Waals surface area contributed by atoms with Gasteiger partial charge in [0.05, 0.1) is 10.1 Å². The Bertz CT molecular complexity index is 433. The summed E-state index contributed by atoms with van der Waals surface area (Å²) in [5, 5.41) is 0. The Labute approximate surface area is 100 Å². The Morgan fingerprint density at radius 1 is 1.35 bits per heavy atom. The maximum atomic E-state index is 11.0. The van der Waals surface area contributed by atoms with Gasteiger partial charge in [0.1, 0.15) is 5.75 Å². The molecule has 0 fully saturated rings. The normalized spacial score (nSPS) is 12.0. The maximum Gasteiger partial charge on any atom is 0.369 e. The highest BCUT2D eigenvalue weighted by Gasteiger charge is 2.12. The van der Waals surface area contributed by atoms with Crippen LogP contribution < -0.4 is 10.5 Å². The third-order valence-corrected chi connectivity index (χ3v) is 1.36. The van der Waals surface area contributed by atoms with Gasteiger partial charge in [-0.2, -0.15) is 0 Å². The smallest absolute Gasteiger partial charge is 0.369 e. The van der Waals surface area contributed by atoms with Crippen LogP contribution in [0, 0.1) is 0 Å². The number of hydrogen-bond donors (Lipinski definition) is 1. The topological polar surface area (TPSA) is 111 Å². The summed E-state index contributed by atoms with van der Waals surface area (Å²) in [6, 6.07) is 8.64. The molecule has 0 saturated heterocycles. The molecule has 0 aliphatic carbocycles. The van der Waals surface area contributed by atoms with Gasteiger partial charge in [-0.25, -0.2) is 13.2 Å². The van der Waals surface area contributed by atoms with E-state index in [9.17, 15) is 4.79 Å². The van der Waals surface area contributed by atoms with Crippen molar-refractivity contribution in [3.05, 3.63) is 30.3 Å². The zero-order valence-corrected chi connectivity index (χ0v) is 10.4. The second kappa shape index (κ2) is 7.00. The quantitative estimate of drug-likeness (QED) is 0.433. The predicted octanol–water partition coefficient (Wildman–Crippen LogP) is -0.616. The number of ether oxygens (including phenoxy) is 1. The van der Waals surface area contributed by atoms with Crippen LogP contribution in [0.3, 0.4) is 0 Å². The molecule has 96 valence electrons. The largest absolute Gasteiger partial charge is 0.748 e. The SMILES string of the molecule is CC([NH3+])C(=O)Oc1ccccc1.CS(=O)(=O)[O-]. The maximum absolute atomic E-state index is 11.0. The van der Waals surface area contributed by atoms with Crippen LogP contribution in [0.25, 0.3) is 0 Å². The number of para-hydroxylation sites is 1. The Hall–Kier alpha value is -1.44. The molecule has 7 heteroatoms. The number of carbonyl (C=O) groups excluding carboxylic acids is 1. The zero-order chi connectivity index (χ0) is 13.5. The van der Waals surface area contributed by atoms with E-state index < -0.39 is 10.1 Å².